The van der Waals surface area contributed by atoms with E-state index < -0.39 is 23.7 Å². The minimum absolute atomic E-state index is 0.105. The summed E-state index contributed by atoms with van der Waals surface area (Å²) in [4.78, 5) is 11.0. The fraction of sp³-hybridized carbons (Fsp3) is 0.417. The second kappa shape index (κ2) is 6.23. The minimum atomic E-state index is -4.56. The van der Waals surface area contributed by atoms with Crippen molar-refractivity contribution in [3.05, 3.63) is 29.8 Å². The maximum atomic E-state index is 12.7. The van der Waals surface area contributed by atoms with Crippen molar-refractivity contribution >= 4 is 17.4 Å². The molecule has 0 saturated heterocycles. The number of Topliss-reactive ketones (excluding diaryl/α,β-unsaturated/α-hetero) is 1. The lowest BCUT2D eigenvalue weighted by atomic mass is 10.1. The SMILES string of the molecule is CC(=O)C(Cl)Cc1cccc(OC(F)(F)C(F)F)c1. The summed E-state index contributed by atoms with van der Waals surface area (Å²) in [6.07, 6.45) is -8.37. The first-order valence-electron chi connectivity index (χ1n) is 5.31. The standard InChI is InChI=1S/C12H11ClF4O2/c1-7(18)10(13)6-8-3-2-4-9(5-8)19-12(16,17)11(14)15/h2-5,10-11H,6H2,1H3. The van der Waals surface area contributed by atoms with Crippen LogP contribution in [-0.4, -0.2) is 23.7 Å². The number of ketones is 1. The van der Waals surface area contributed by atoms with Gasteiger partial charge >= 0.3 is 12.5 Å². The molecule has 0 bridgehead atoms. The Kier molecular flexibility index (Phi) is 5.17. The van der Waals surface area contributed by atoms with Crippen LogP contribution in [0.15, 0.2) is 24.3 Å². The van der Waals surface area contributed by atoms with Gasteiger partial charge in [0.15, 0.2) is 0 Å². The van der Waals surface area contributed by atoms with Gasteiger partial charge in [-0.25, -0.2) is 0 Å². The molecule has 1 aromatic carbocycles. The molecule has 19 heavy (non-hydrogen) atoms. The fourth-order valence-corrected chi connectivity index (χ4v) is 1.47. The molecule has 0 fully saturated rings. The molecule has 2 nitrogen and oxygen atoms in total. The van der Waals surface area contributed by atoms with Crippen LogP contribution in [0.2, 0.25) is 0 Å². The van der Waals surface area contributed by atoms with Gasteiger partial charge in [0.25, 0.3) is 0 Å². The Hall–Kier alpha value is -1.30. The molecule has 0 N–H and O–H groups in total. The van der Waals surface area contributed by atoms with Crippen molar-refractivity contribution in [3.63, 3.8) is 0 Å². The number of ether oxygens (including phenoxy) is 1. The molecular formula is C12H11ClF4O2. The molecule has 0 radical (unpaired) electrons. The van der Waals surface area contributed by atoms with Crippen LogP contribution >= 0.6 is 11.6 Å². The van der Waals surface area contributed by atoms with Gasteiger partial charge in [-0.15, -0.1) is 11.6 Å². The van der Waals surface area contributed by atoms with Crippen LogP contribution in [0.1, 0.15) is 12.5 Å². The Labute approximate surface area is 112 Å². The Morgan fingerprint density at radius 3 is 2.58 bits per heavy atom. The van der Waals surface area contributed by atoms with Crippen molar-refractivity contribution in [1.29, 1.82) is 0 Å². The van der Waals surface area contributed by atoms with Gasteiger partial charge in [0.1, 0.15) is 11.5 Å². The highest BCUT2D eigenvalue weighted by Crippen LogP contribution is 2.28. The van der Waals surface area contributed by atoms with Crippen molar-refractivity contribution in [2.45, 2.75) is 31.3 Å². The first-order chi connectivity index (χ1) is 8.72. The molecule has 0 saturated carbocycles. The zero-order chi connectivity index (χ0) is 14.6. The lowest BCUT2D eigenvalue weighted by Gasteiger charge is -2.17. The maximum absolute atomic E-state index is 12.7. The van der Waals surface area contributed by atoms with Crippen molar-refractivity contribution < 1.29 is 27.1 Å². The summed E-state index contributed by atoms with van der Waals surface area (Å²) in [7, 11) is 0. The number of carbonyl (C=O) groups excluding carboxylic acids is 1. The first kappa shape index (κ1) is 15.8. The summed E-state index contributed by atoms with van der Waals surface area (Å²) in [6.45, 7) is 1.29. The Morgan fingerprint density at radius 1 is 1.42 bits per heavy atom. The van der Waals surface area contributed by atoms with E-state index in [0.717, 1.165) is 12.1 Å². The molecule has 0 aliphatic heterocycles. The Morgan fingerprint density at radius 2 is 2.05 bits per heavy atom. The third-order valence-electron chi connectivity index (χ3n) is 2.26. The number of alkyl halides is 5. The van der Waals surface area contributed by atoms with Gasteiger partial charge < -0.3 is 4.74 Å². The summed E-state index contributed by atoms with van der Waals surface area (Å²) in [5.41, 5.74) is 0.442. The highest BCUT2D eigenvalue weighted by molar-refractivity contribution is 6.30. The molecule has 0 spiro atoms. The van der Waals surface area contributed by atoms with Gasteiger partial charge in [0, 0.05) is 0 Å². The Bertz CT molecular complexity index is 451. The van der Waals surface area contributed by atoms with Crippen LogP contribution in [0, 0.1) is 0 Å². The molecular weight excluding hydrogens is 288 g/mol. The van der Waals surface area contributed by atoms with Gasteiger partial charge in [-0.05, 0) is 31.0 Å². The topological polar surface area (TPSA) is 26.3 Å². The lowest BCUT2D eigenvalue weighted by molar-refractivity contribution is -0.253. The summed E-state index contributed by atoms with van der Waals surface area (Å²) < 4.78 is 53.3. The number of hydrogen-bond acceptors (Lipinski definition) is 2. The van der Waals surface area contributed by atoms with Crippen molar-refractivity contribution in [2.75, 3.05) is 0 Å². The molecule has 0 heterocycles. The van der Waals surface area contributed by atoms with Gasteiger partial charge in [0.2, 0.25) is 0 Å². The van der Waals surface area contributed by atoms with E-state index in [1.807, 2.05) is 0 Å². The van der Waals surface area contributed by atoms with Crippen LogP contribution in [0.4, 0.5) is 17.6 Å². The minimum Gasteiger partial charge on any atom is -0.428 e. The average Bonchev–Trinajstić information content (AvgIpc) is 2.28. The van der Waals surface area contributed by atoms with E-state index in [9.17, 15) is 22.4 Å². The summed E-state index contributed by atoms with van der Waals surface area (Å²) in [6, 6.07) is 5.16. The molecule has 1 aromatic rings. The third-order valence-corrected chi connectivity index (χ3v) is 2.72. The lowest BCUT2D eigenvalue weighted by Crippen LogP contribution is -2.33. The van der Waals surface area contributed by atoms with Gasteiger partial charge in [-0.3, -0.25) is 4.79 Å². The Balaban J connectivity index is 2.80. The quantitative estimate of drug-likeness (QED) is 0.592. The molecule has 0 aromatic heterocycles. The smallest absolute Gasteiger partial charge is 0.428 e. The fourth-order valence-electron chi connectivity index (χ4n) is 1.29. The highest BCUT2D eigenvalue weighted by Gasteiger charge is 2.43. The van der Waals surface area contributed by atoms with Crippen molar-refractivity contribution in [2.24, 2.45) is 0 Å². The monoisotopic (exact) mass is 298 g/mol. The van der Waals surface area contributed by atoms with Gasteiger partial charge in [0.05, 0.1) is 5.38 Å². The van der Waals surface area contributed by atoms with Crippen molar-refractivity contribution in [3.8, 4) is 5.75 Å². The first-order valence-corrected chi connectivity index (χ1v) is 5.74. The summed E-state index contributed by atoms with van der Waals surface area (Å²) >= 11 is 5.73. The molecule has 0 aliphatic rings. The predicted octanol–water partition coefficient (Wildman–Crippen LogP) is 3.66. The zero-order valence-electron chi connectivity index (χ0n) is 9.88. The summed E-state index contributed by atoms with van der Waals surface area (Å²) in [5, 5.41) is -0.800. The van der Waals surface area contributed by atoms with Gasteiger partial charge in [-0.1, -0.05) is 12.1 Å². The van der Waals surface area contributed by atoms with Gasteiger partial charge in [-0.2, -0.15) is 17.6 Å². The number of benzene rings is 1. The normalized spacial score (nSPS) is 13.4. The number of rotatable bonds is 6. The van der Waals surface area contributed by atoms with E-state index in [1.165, 1.54) is 19.1 Å². The zero-order valence-corrected chi connectivity index (χ0v) is 10.6. The van der Waals surface area contributed by atoms with E-state index in [1.54, 1.807) is 0 Å². The van der Waals surface area contributed by atoms with Crippen LogP contribution in [0.25, 0.3) is 0 Å². The molecule has 7 heteroatoms. The molecule has 0 aliphatic carbocycles. The summed E-state index contributed by atoms with van der Waals surface area (Å²) in [5.74, 6) is -0.680. The number of hydrogen-bond donors (Lipinski definition) is 0. The van der Waals surface area contributed by atoms with Crippen LogP contribution in [-0.2, 0) is 11.2 Å². The molecule has 1 unspecified atom stereocenters. The molecule has 1 atom stereocenters. The van der Waals surface area contributed by atoms with E-state index in [2.05, 4.69) is 4.74 Å². The second-order valence-corrected chi connectivity index (χ2v) is 4.42. The molecule has 106 valence electrons. The largest absolute Gasteiger partial charge is 0.461 e. The van der Waals surface area contributed by atoms with E-state index in [-0.39, 0.29) is 12.2 Å². The highest BCUT2D eigenvalue weighted by atomic mass is 35.5. The van der Waals surface area contributed by atoms with E-state index in [4.69, 9.17) is 11.6 Å². The van der Waals surface area contributed by atoms with Crippen LogP contribution in [0.5, 0.6) is 5.75 Å². The van der Waals surface area contributed by atoms with E-state index >= 15 is 0 Å². The van der Waals surface area contributed by atoms with Crippen LogP contribution < -0.4 is 4.74 Å². The number of halogens is 5. The maximum Gasteiger partial charge on any atom is 0.461 e. The average molecular weight is 299 g/mol. The van der Waals surface area contributed by atoms with E-state index in [0.29, 0.717) is 5.56 Å². The third kappa shape index (κ3) is 4.70. The van der Waals surface area contributed by atoms with Crippen LogP contribution in [0.3, 0.4) is 0 Å². The molecule has 0 amide bonds. The second-order valence-electron chi connectivity index (χ2n) is 3.89. The predicted molar refractivity (Wildman–Crippen MR) is 62.0 cm³/mol. The van der Waals surface area contributed by atoms with Crippen molar-refractivity contribution in [1.82, 2.24) is 0 Å². The number of carbonyl (C=O) groups is 1. The molecule has 1 rings (SSSR count).